The van der Waals surface area contributed by atoms with Crippen molar-refractivity contribution in [1.29, 1.82) is 0 Å². The van der Waals surface area contributed by atoms with Gasteiger partial charge in [0.1, 0.15) is 0 Å². The Balaban J connectivity index is 1.23. The van der Waals surface area contributed by atoms with Crippen molar-refractivity contribution in [2.45, 2.75) is 57.0 Å². The van der Waals surface area contributed by atoms with E-state index in [0.29, 0.717) is 5.41 Å². The second-order valence-electron chi connectivity index (χ2n) is 8.21. The lowest BCUT2D eigenvalue weighted by Crippen LogP contribution is -2.55. The Labute approximate surface area is 139 Å². The van der Waals surface area contributed by atoms with Gasteiger partial charge in [0.05, 0.1) is 7.11 Å². The van der Waals surface area contributed by atoms with E-state index >= 15 is 0 Å². The highest BCUT2D eigenvalue weighted by Crippen LogP contribution is 2.50. The van der Waals surface area contributed by atoms with Crippen molar-refractivity contribution in [1.82, 2.24) is 14.7 Å². The van der Waals surface area contributed by atoms with Crippen LogP contribution in [0.5, 0.6) is 0 Å². The molecule has 0 radical (unpaired) electrons. The number of piperidine rings is 1. The van der Waals surface area contributed by atoms with Crippen LogP contribution in [0.15, 0.2) is 0 Å². The summed E-state index contributed by atoms with van der Waals surface area (Å²) >= 11 is 0. The number of rotatable bonds is 2. The number of methoxy groups -OCH3 is 1. The van der Waals surface area contributed by atoms with Crippen molar-refractivity contribution in [2.75, 3.05) is 46.4 Å². The average molecular weight is 321 g/mol. The predicted molar refractivity (Wildman–Crippen MR) is 89.5 cm³/mol. The number of carbonyl (C=O) groups excluding carboxylic acids is 1. The third kappa shape index (κ3) is 2.98. The van der Waals surface area contributed by atoms with Crippen molar-refractivity contribution >= 4 is 6.09 Å². The van der Waals surface area contributed by atoms with E-state index in [1.54, 1.807) is 0 Å². The first-order valence-corrected chi connectivity index (χ1v) is 9.50. The molecular weight excluding hydrogens is 290 g/mol. The summed E-state index contributed by atoms with van der Waals surface area (Å²) in [4.78, 5) is 19.0. The van der Waals surface area contributed by atoms with Crippen LogP contribution in [0, 0.1) is 5.41 Å². The summed E-state index contributed by atoms with van der Waals surface area (Å²) in [6.07, 6.45) is 9.13. The van der Waals surface area contributed by atoms with Crippen LogP contribution in [0.3, 0.4) is 0 Å². The smallest absolute Gasteiger partial charge is 0.409 e. The Kier molecular flexibility index (Phi) is 4.26. The lowest BCUT2D eigenvalue weighted by molar-refractivity contribution is -0.0137. The topological polar surface area (TPSA) is 36.0 Å². The van der Waals surface area contributed by atoms with Gasteiger partial charge in [0.15, 0.2) is 0 Å². The highest BCUT2D eigenvalue weighted by molar-refractivity contribution is 5.67. The molecule has 3 aliphatic heterocycles. The van der Waals surface area contributed by atoms with E-state index in [4.69, 9.17) is 4.74 Å². The summed E-state index contributed by atoms with van der Waals surface area (Å²) < 4.78 is 4.87. The molecule has 130 valence electrons. The van der Waals surface area contributed by atoms with E-state index in [1.165, 1.54) is 78.2 Å². The van der Waals surface area contributed by atoms with Gasteiger partial charge < -0.3 is 19.4 Å². The SMILES string of the molecule is COC(=O)N1CCC2(CC(N3CCC(N4CCCC4)CC3)C2)C1. The lowest BCUT2D eigenvalue weighted by atomic mass is 9.64. The van der Waals surface area contributed by atoms with Crippen molar-refractivity contribution in [3.8, 4) is 0 Å². The Bertz CT molecular complexity index is 436. The van der Waals surface area contributed by atoms with Gasteiger partial charge >= 0.3 is 6.09 Å². The lowest BCUT2D eigenvalue weighted by Gasteiger charge is -2.52. The third-order valence-electron chi connectivity index (χ3n) is 6.88. The molecular formula is C18H31N3O2. The summed E-state index contributed by atoms with van der Waals surface area (Å²) in [5.41, 5.74) is 0.407. The Hall–Kier alpha value is -0.810. The first-order valence-electron chi connectivity index (χ1n) is 9.50. The maximum absolute atomic E-state index is 11.7. The van der Waals surface area contributed by atoms with Gasteiger partial charge in [0.2, 0.25) is 0 Å². The molecule has 4 fully saturated rings. The molecule has 0 aromatic rings. The first-order chi connectivity index (χ1) is 11.2. The minimum absolute atomic E-state index is 0.142. The fourth-order valence-corrected chi connectivity index (χ4v) is 5.47. The maximum atomic E-state index is 11.7. The summed E-state index contributed by atoms with van der Waals surface area (Å²) in [6.45, 7) is 7.03. The van der Waals surface area contributed by atoms with E-state index in [2.05, 4.69) is 9.80 Å². The van der Waals surface area contributed by atoms with Crippen LogP contribution >= 0.6 is 0 Å². The molecule has 0 N–H and O–H groups in total. The van der Waals surface area contributed by atoms with Gasteiger partial charge in [-0.15, -0.1) is 0 Å². The van der Waals surface area contributed by atoms with E-state index in [1.807, 2.05) is 4.90 Å². The summed E-state index contributed by atoms with van der Waals surface area (Å²) in [6, 6.07) is 1.62. The van der Waals surface area contributed by atoms with Gasteiger partial charge in [-0.25, -0.2) is 4.79 Å². The Morgan fingerprint density at radius 2 is 1.61 bits per heavy atom. The molecule has 3 saturated heterocycles. The van der Waals surface area contributed by atoms with Gasteiger partial charge in [-0.3, -0.25) is 0 Å². The number of carbonyl (C=O) groups is 1. The van der Waals surface area contributed by atoms with Crippen molar-refractivity contribution in [3.63, 3.8) is 0 Å². The zero-order valence-electron chi connectivity index (χ0n) is 14.5. The largest absolute Gasteiger partial charge is 0.453 e. The average Bonchev–Trinajstić information content (AvgIpc) is 3.22. The molecule has 0 atom stereocenters. The van der Waals surface area contributed by atoms with Gasteiger partial charge in [0, 0.05) is 25.2 Å². The van der Waals surface area contributed by atoms with Crippen LogP contribution in [-0.4, -0.2) is 79.3 Å². The maximum Gasteiger partial charge on any atom is 0.409 e. The number of hydrogen-bond acceptors (Lipinski definition) is 4. The van der Waals surface area contributed by atoms with E-state index in [-0.39, 0.29) is 6.09 Å². The van der Waals surface area contributed by atoms with Crippen LogP contribution in [0.4, 0.5) is 4.79 Å². The summed E-state index contributed by atoms with van der Waals surface area (Å²) in [5, 5.41) is 0. The standard InChI is InChI=1S/C18H31N3O2/c1-23-17(22)21-11-6-18(14-21)12-16(13-18)20-9-4-15(5-10-20)19-7-2-3-8-19/h15-16H,2-14H2,1H3. The number of likely N-dealkylation sites (tertiary alicyclic amines) is 3. The Morgan fingerprint density at radius 3 is 2.26 bits per heavy atom. The molecule has 5 heteroatoms. The van der Waals surface area contributed by atoms with Crippen LogP contribution in [0.1, 0.15) is 44.9 Å². The van der Waals surface area contributed by atoms with Crippen LogP contribution in [0.25, 0.3) is 0 Å². The van der Waals surface area contributed by atoms with E-state index < -0.39 is 0 Å². The number of nitrogens with zero attached hydrogens (tertiary/aromatic N) is 3. The second kappa shape index (κ2) is 6.25. The molecule has 0 bridgehead atoms. The predicted octanol–water partition coefficient (Wildman–Crippen LogP) is 2.17. The molecule has 5 nitrogen and oxygen atoms in total. The van der Waals surface area contributed by atoms with Crippen molar-refractivity contribution in [3.05, 3.63) is 0 Å². The van der Waals surface area contributed by atoms with Crippen molar-refractivity contribution < 1.29 is 9.53 Å². The van der Waals surface area contributed by atoms with E-state index in [0.717, 1.165) is 25.2 Å². The summed E-state index contributed by atoms with van der Waals surface area (Å²) in [5.74, 6) is 0. The minimum atomic E-state index is -0.142. The molecule has 1 spiro atoms. The van der Waals surface area contributed by atoms with Gasteiger partial charge in [-0.05, 0) is 76.5 Å². The number of amides is 1. The molecule has 1 saturated carbocycles. The van der Waals surface area contributed by atoms with Crippen LogP contribution in [-0.2, 0) is 4.74 Å². The number of hydrogen-bond donors (Lipinski definition) is 0. The Morgan fingerprint density at radius 1 is 0.957 bits per heavy atom. The second-order valence-corrected chi connectivity index (χ2v) is 8.21. The monoisotopic (exact) mass is 321 g/mol. The minimum Gasteiger partial charge on any atom is -0.453 e. The molecule has 0 aromatic heterocycles. The van der Waals surface area contributed by atoms with Crippen LogP contribution < -0.4 is 0 Å². The highest BCUT2D eigenvalue weighted by Gasteiger charge is 2.51. The molecule has 1 aliphatic carbocycles. The molecule has 3 heterocycles. The molecule has 4 aliphatic rings. The fraction of sp³-hybridized carbons (Fsp3) is 0.944. The normalized spacial score (nSPS) is 36.6. The van der Waals surface area contributed by atoms with E-state index in [9.17, 15) is 4.79 Å². The summed E-state index contributed by atoms with van der Waals surface area (Å²) in [7, 11) is 1.49. The zero-order chi connectivity index (χ0) is 15.9. The molecule has 0 aromatic carbocycles. The molecule has 4 rings (SSSR count). The molecule has 0 unspecified atom stereocenters. The van der Waals surface area contributed by atoms with Gasteiger partial charge in [0.25, 0.3) is 0 Å². The number of ether oxygens (including phenoxy) is 1. The zero-order valence-corrected chi connectivity index (χ0v) is 14.5. The van der Waals surface area contributed by atoms with Crippen molar-refractivity contribution in [2.24, 2.45) is 5.41 Å². The third-order valence-corrected chi connectivity index (χ3v) is 6.88. The quantitative estimate of drug-likeness (QED) is 0.781. The molecule has 23 heavy (non-hydrogen) atoms. The van der Waals surface area contributed by atoms with Gasteiger partial charge in [-0.2, -0.15) is 0 Å². The first kappa shape index (κ1) is 15.7. The van der Waals surface area contributed by atoms with Crippen LogP contribution in [0.2, 0.25) is 0 Å². The van der Waals surface area contributed by atoms with Gasteiger partial charge in [-0.1, -0.05) is 0 Å². The fourth-order valence-electron chi connectivity index (χ4n) is 5.47. The highest BCUT2D eigenvalue weighted by atomic mass is 16.5. The molecule has 1 amide bonds.